The molecule has 2 heterocycles. The van der Waals surface area contributed by atoms with E-state index in [1.165, 1.54) is 0 Å². The number of hydrogen-bond donors (Lipinski definition) is 1. The summed E-state index contributed by atoms with van der Waals surface area (Å²) in [6, 6.07) is 13.1. The largest absolute Gasteiger partial charge is 0.383 e. The van der Waals surface area contributed by atoms with E-state index >= 15 is 0 Å². The second kappa shape index (κ2) is 8.54. The molecule has 0 spiro atoms. The first-order valence-electron chi connectivity index (χ1n) is 8.54. The molecule has 26 heavy (non-hydrogen) atoms. The summed E-state index contributed by atoms with van der Waals surface area (Å²) in [7, 11) is 0. The Kier molecular flexibility index (Phi) is 5.92. The molecule has 1 amide bonds. The molecule has 1 aliphatic rings. The van der Waals surface area contributed by atoms with Gasteiger partial charge in [0.2, 0.25) is 5.91 Å². The van der Waals surface area contributed by atoms with Crippen LogP contribution in [0, 0.1) is 11.3 Å². The van der Waals surface area contributed by atoms with Crippen LogP contribution in [0.3, 0.4) is 0 Å². The van der Waals surface area contributed by atoms with Crippen molar-refractivity contribution in [3.63, 3.8) is 0 Å². The second-order valence-electron chi connectivity index (χ2n) is 6.03. The predicted molar refractivity (Wildman–Crippen MR) is 102 cm³/mol. The Hall–Kier alpha value is -2.78. The average molecular weight is 370 g/mol. The minimum Gasteiger partial charge on any atom is -0.383 e. The molecular formula is C19H20ClN5O. The number of carbonyl (C=O) groups is 1. The molecule has 0 saturated carbocycles. The smallest absolute Gasteiger partial charge is 0.224 e. The Morgan fingerprint density at radius 1 is 1.23 bits per heavy atom. The van der Waals surface area contributed by atoms with Gasteiger partial charge in [0.05, 0.1) is 11.3 Å². The summed E-state index contributed by atoms with van der Waals surface area (Å²) in [6.07, 6.45) is 2.17. The number of benzene rings is 1. The molecule has 1 aromatic carbocycles. The lowest BCUT2D eigenvalue weighted by Crippen LogP contribution is -2.49. The number of piperazine rings is 1. The number of anilines is 2. The number of rotatable bonds is 5. The van der Waals surface area contributed by atoms with Crippen LogP contribution >= 0.6 is 11.6 Å². The maximum absolute atomic E-state index is 12.4. The minimum absolute atomic E-state index is 0.116. The fourth-order valence-electron chi connectivity index (χ4n) is 2.95. The van der Waals surface area contributed by atoms with Gasteiger partial charge in [-0.15, -0.1) is 0 Å². The van der Waals surface area contributed by atoms with Crippen LogP contribution < -0.4 is 10.2 Å². The monoisotopic (exact) mass is 369 g/mol. The maximum Gasteiger partial charge on any atom is 0.224 e. The van der Waals surface area contributed by atoms with Crippen molar-refractivity contribution in [1.29, 1.82) is 5.26 Å². The van der Waals surface area contributed by atoms with Gasteiger partial charge in [0.25, 0.3) is 0 Å². The summed E-state index contributed by atoms with van der Waals surface area (Å²) in [5.41, 5.74) is 1.18. The van der Waals surface area contributed by atoms with Gasteiger partial charge in [-0.05, 0) is 30.3 Å². The highest BCUT2D eigenvalue weighted by molar-refractivity contribution is 6.30. The van der Waals surface area contributed by atoms with E-state index in [9.17, 15) is 4.79 Å². The van der Waals surface area contributed by atoms with Crippen molar-refractivity contribution in [2.24, 2.45) is 0 Å². The number of amides is 1. The van der Waals surface area contributed by atoms with Crippen molar-refractivity contribution in [1.82, 2.24) is 9.88 Å². The molecular weight excluding hydrogens is 350 g/mol. The highest BCUT2D eigenvalue weighted by Gasteiger charge is 2.21. The molecule has 2 aromatic rings. The summed E-state index contributed by atoms with van der Waals surface area (Å²) in [5.74, 6) is 1.07. The van der Waals surface area contributed by atoms with Crippen molar-refractivity contribution >= 4 is 29.0 Å². The minimum atomic E-state index is 0.116. The molecule has 1 N–H and O–H groups in total. The van der Waals surface area contributed by atoms with Gasteiger partial charge in [-0.3, -0.25) is 4.79 Å². The van der Waals surface area contributed by atoms with Crippen molar-refractivity contribution in [2.45, 2.75) is 6.42 Å². The summed E-state index contributed by atoms with van der Waals surface area (Å²) in [6.45, 7) is 3.44. The lowest BCUT2D eigenvalue weighted by molar-refractivity contribution is -0.131. The van der Waals surface area contributed by atoms with Gasteiger partial charge in [0.1, 0.15) is 11.9 Å². The molecule has 0 bridgehead atoms. The molecule has 1 aliphatic heterocycles. The Balaban J connectivity index is 1.46. The molecule has 7 heteroatoms. The van der Waals surface area contributed by atoms with Crippen LogP contribution in [-0.2, 0) is 4.79 Å². The third-order valence-electron chi connectivity index (χ3n) is 4.36. The first-order valence-corrected chi connectivity index (χ1v) is 8.92. The first-order chi connectivity index (χ1) is 12.7. The van der Waals surface area contributed by atoms with Crippen molar-refractivity contribution in [2.75, 3.05) is 42.9 Å². The number of pyridine rings is 1. The van der Waals surface area contributed by atoms with Crippen LogP contribution in [0.1, 0.15) is 12.0 Å². The zero-order valence-corrected chi connectivity index (χ0v) is 15.1. The van der Waals surface area contributed by atoms with E-state index in [1.54, 1.807) is 24.4 Å². The number of nitrogens with one attached hydrogen (secondary N) is 1. The van der Waals surface area contributed by atoms with Crippen LogP contribution in [-0.4, -0.2) is 48.5 Å². The number of nitriles is 1. The zero-order valence-electron chi connectivity index (χ0n) is 14.4. The maximum atomic E-state index is 12.4. The highest BCUT2D eigenvalue weighted by Crippen LogP contribution is 2.20. The number of carbonyl (C=O) groups excluding carboxylic acids is 1. The van der Waals surface area contributed by atoms with E-state index in [1.807, 2.05) is 23.1 Å². The lowest BCUT2D eigenvalue weighted by atomic mass is 10.2. The summed E-state index contributed by atoms with van der Waals surface area (Å²) < 4.78 is 0. The van der Waals surface area contributed by atoms with E-state index in [4.69, 9.17) is 16.9 Å². The van der Waals surface area contributed by atoms with Gasteiger partial charge in [-0.2, -0.15) is 5.26 Å². The second-order valence-corrected chi connectivity index (χ2v) is 6.47. The number of aromatic nitrogens is 1. The Bertz CT molecular complexity index is 797. The average Bonchev–Trinajstić information content (AvgIpc) is 2.69. The predicted octanol–water partition coefficient (Wildman–Crippen LogP) is 2.76. The Labute approximate surface area is 158 Å². The molecule has 134 valence electrons. The van der Waals surface area contributed by atoms with Crippen molar-refractivity contribution < 1.29 is 4.79 Å². The molecule has 0 unspecified atom stereocenters. The topological polar surface area (TPSA) is 72.3 Å². The van der Waals surface area contributed by atoms with E-state index in [2.05, 4.69) is 21.3 Å². The van der Waals surface area contributed by atoms with E-state index in [-0.39, 0.29) is 5.91 Å². The molecule has 1 saturated heterocycles. The van der Waals surface area contributed by atoms with Gasteiger partial charge >= 0.3 is 0 Å². The van der Waals surface area contributed by atoms with Crippen molar-refractivity contribution in [3.8, 4) is 6.07 Å². The van der Waals surface area contributed by atoms with Crippen LogP contribution in [0.2, 0.25) is 5.02 Å². The Morgan fingerprint density at radius 3 is 2.73 bits per heavy atom. The highest BCUT2D eigenvalue weighted by atomic mass is 35.5. The van der Waals surface area contributed by atoms with E-state index in [0.717, 1.165) is 18.9 Å². The van der Waals surface area contributed by atoms with Gasteiger partial charge in [0.15, 0.2) is 0 Å². The Morgan fingerprint density at radius 2 is 2.04 bits per heavy atom. The summed E-state index contributed by atoms with van der Waals surface area (Å²) in [5, 5.41) is 12.8. The SMILES string of the molecule is N#Cc1cc(Cl)ccc1NCCC(=O)N1CCN(c2ccccn2)CC1. The molecule has 3 rings (SSSR count). The summed E-state index contributed by atoms with van der Waals surface area (Å²) >= 11 is 5.89. The van der Waals surface area contributed by atoms with Crippen molar-refractivity contribution in [3.05, 3.63) is 53.2 Å². The summed E-state index contributed by atoms with van der Waals surface area (Å²) in [4.78, 5) is 20.8. The molecule has 6 nitrogen and oxygen atoms in total. The van der Waals surface area contributed by atoms with E-state index < -0.39 is 0 Å². The fourth-order valence-corrected chi connectivity index (χ4v) is 3.12. The van der Waals surface area contributed by atoms with Crippen LogP contribution in [0.4, 0.5) is 11.5 Å². The normalized spacial score (nSPS) is 14.0. The number of nitrogens with zero attached hydrogens (tertiary/aromatic N) is 4. The van der Waals surface area contributed by atoms with Crippen LogP contribution in [0.5, 0.6) is 0 Å². The van der Waals surface area contributed by atoms with Gasteiger partial charge < -0.3 is 15.1 Å². The van der Waals surface area contributed by atoms with Gasteiger partial charge in [0, 0.05) is 50.4 Å². The molecule has 1 aromatic heterocycles. The number of halogens is 1. The van der Waals surface area contributed by atoms with Gasteiger partial charge in [-0.25, -0.2) is 4.98 Å². The van der Waals surface area contributed by atoms with E-state index in [0.29, 0.717) is 42.3 Å². The fraction of sp³-hybridized carbons (Fsp3) is 0.316. The zero-order chi connectivity index (χ0) is 18.4. The first kappa shape index (κ1) is 18.0. The molecule has 1 fully saturated rings. The molecule has 0 atom stereocenters. The lowest BCUT2D eigenvalue weighted by Gasteiger charge is -2.35. The quantitative estimate of drug-likeness (QED) is 0.877. The van der Waals surface area contributed by atoms with Gasteiger partial charge in [-0.1, -0.05) is 17.7 Å². The standard InChI is InChI=1S/C19H20ClN5O/c20-16-4-5-17(15(13-16)14-21)22-8-6-19(26)25-11-9-24(10-12-25)18-3-1-2-7-23-18/h1-5,7,13,22H,6,8-12H2. The third-order valence-corrected chi connectivity index (χ3v) is 4.60. The van der Waals surface area contributed by atoms with Crippen LogP contribution in [0.25, 0.3) is 0 Å². The van der Waals surface area contributed by atoms with Crippen LogP contribution in [0.15, 0.2) is 42.6 Å². The number of hydrogen-bond acceptors (Lipinski definition) is 5. The third kappa shape index (κ3) is 4.44. The molecule has 0 radical (unpaired) electrons. The molecule has 0 aliphatic carbocycles.